The second-order valence-electron chi connectivity index (χ2n) is 5.52. The van der Waals surface area contributed by atoms with Gasteiger partial charge in [0.2, 0.25) is 5.91 Å². The summed E-state index contributed by atoms with van der Waals surface area (Å²) in [5.41, 5.74) is 1.81. The van der Waals surface area contributed by atoms with Gasteiger partial charge in [0.05, 0.1) is 25.5 Å². The molecule has 1 aliphatic heterocycles. The predicted octanol–water partition coefficient (Wildman–Crippen LogP) is 3.57. The summed E-state index contributed by atoms with van der Waals surface area (Å²) in [6.07, 6.45) is 2.05. The number of amides is 1. The van der Waals surface area contributed by atoms with Crippen LogP contribution in [0.1, 0.15) is 12.8 Å². The second-order valence-corrected chi connectivity index (χ2v) is 6.62. The van der Waals surface area contributed by atoms with Gasteiger partial charge < -0.3 is 9.47 Å². The lowest BCUT2D eigenvalue weighted by Gasteiger charge is -2.22. The Hall–Kier alpha value is -1.63. The number of anilines is 1. The normalized spacial score (nSPS) is 17.0. The average molecular weight is 367 g/mol. The number of alkyl halides is 1. The summed E-state index contributed by atoms with van der Waals surface area (Å²) in [6, 6.07) is 7.68. The van der Waals surface area contributed by atoms with E-state index in [0.29, 0.717) is 11.7 Å². The van der Waals surface area contributed by atoms with E-state index in [1.165, 1.54) is 11.3 Å². The number of carbonyl (C=O) groups excluding carboxylic acids is 1. The molecule has 0 radical (unpaired) electrons. The highest BCUT2D eigenvalue weighted by molar-refractivity contribution is 7.14. The Morgan fingerprint density at radius 2 is 2.25 bits per heavy atom. The lowest BCUT2D eigenvalue weighted by atomic mass is 10.2. The van der Waals surface area contributed by atoms with E-state index >= 15 is 0 Å². The van der Waals surface area contributed by atoms with Crippen LogP contribution in [0, 0.1) is 0 Å². The van der Waals surface area contributed by atoms with Gasteiger partial charge in [-0.3, -0.25) is 9.69 Å². The lowest BCUT2D eigenvalue weighted by Crippen LogP contribution is -2.38. The summed E-state index contributed by atoms with van der Waals surface area (Å²) < 4.78 is 10.8. The zero-order valence-corrected chi connectivity index (χ0v) is 15.0. The molecule has 0 aliphatic carbocycles. The van der Waals surface area contributed by atoms with Crippen molar-refractivity contribution in [3.8, 4) is 17.0 Å². The van der Waals surface area contributed by atoms with Crippen molar-refractivity contribution < 1.29 is 14.3 Å². The van der Waals surface area contributed by atoms with Crippen LogP contribution in [0.5, 0.6) is 5.75 Å². The number of hydrogen-bond donors (Lipinski definition) is 0. The number of nitrogens with zero attached hydrogens (tertiary/aromatic N) is 2. The fraction of sp³-hybridized carbons (Fsp3) is 0.412. The molecular formula is C17H19ClN2O3S. The monoisotopic (exact) mass is 366 g/mol. The highest BCUT2D eigenvalue weighted by Crippen LogP contribution is 2.29. The molecule has 1 fully saturated rings. The van der Waals surface area contributed by atoms with Crippen molar-refractivity contribution in [2.24, 2.45) is 0 Å². The quantitative estimate of drug-likeness (QED) is 0.733. The summed E-state index contributed by atoms with van der Waals surface area (Å²) in [6.45, 7) is 1.25. The fourth-order valence-electron chi connectivity index (χ4n) is 2.63. The van der Waals surface area contributed by atoms with Crippen LogP contribution in [0.4, 0.5) is 5.13 Å². The van der Waals surface area contributed by atoms with E-state index < -0.39 is 0 Å². The van der Waals surface area contributed by atoms with Crippen molar-refractivity contribution in [1.82, 2.24) is 4.98 Å². The maximum Gasteiger partial charge on any atom is 0.243 e. The highest BCUT2D eigenvalue weighted by atomic mass is 35.5. The highest BCUT2D eigenvalue weighted by Gasteiger charge is 2.25. The number of methoxy groups -OCH3 is 1. The van der Waals surface area contributed by atoms with Crippen LogP contribution in [-0.4, -0.2) is 43.1 Å². The van der Waals surface area contributed by atoms with Gasteiger partial charge in [0, 0.05) is 17.6 Å². The number of rotatable bonds is 6. The minimum absolute atomic E-state index is 0.0607. The van der Waals surface area contributed by atoms with E-state index in [1.54, 1.807) is 12.0 Å². The van der Waals surface area contributed by atoms with Gasteiger partial charge in [-0.25, -0.2) is 4.98 Å². The summed E-state index contributed by atoms with van der Waals surface area (Å²) in [4.78, 5) is 18.5. The van der Waals surface area contributed by atoms with Crippen LogP contribution < -0.4 is 9.64 Å². The molecular weight excluding hydrogens is 348 g/mol. The molecule has 5 nitrogen and oxygen atoms in total. The predicted molar refractivity (Wildman–Crippen MR) is 96.1 cm³/mol. The number of aromatic nitrogens is 1. The van der Waals surface area contributed by atoms with Gasteiger partial charge in [-0.05, 0) is 37.1 Å². The Balaban J connectivity index is 1.80. The largest absolute Gasteiger partial charge is 0.497 e. The minimum atomic E-state index is -0.150. The van der Waals surface area contributed by atoms with Crippen LogP contribution in [-0.2, 0) is 9.53 Å². The topological polar surface area (TPSA) is 51.7 Å². The fourth-order valence-corrected chi connectivity index (χ4v) is 3.64. The van der Waals surface area contributed by atoms with Crippen molar-refractivity contribution in [1.29, 1.82) is 0 Å². The summed E-state index contributed by atoms with van der Waals surface area (Å²) >= 11 is 7.21. The number of hydrogen-bond acceptors (Lipinski definition) is 5. The Bertz CT molecular complexity index is 683. The molecule has 2 aromatic rings. The van der Waals surface area contributed by atoms with Crippen LogP contribution >= 0.6 is 22.9 Å². The third-order valence-corrected chi connectivity index (χ3v) is 5.03. The third-order valence-electron chi connectivity index (χ3n) is 3.93. The summed E-state index contributed by atoms with van der Waals surface area (Å²) in [7, 11) is 1.64. The van der Waals surface area contributed by atoms with Crippen LogP contribution in [0.3, 0.4) is 0 Å². The van der Waals surface area contributed by atoms with Gasteiger partial charge >= 0.3 is 0 Å². The van der Waals surface area contributed by atoms with Crippen molar-refractivity contribution in [3.05, 3.63) is 29.6 Å². The number of ether oxygens (including phenoxy) is 2. The molecule has 1 aromatic heterocycles. The molecule has 7 heteroatoms. The van der Waals surface area contributed by atoms with Gasteiger partial charge in [-0.1, -0.05) is 0 Å². The standard InChI is InChI=1S/C17H19ClN2O3S/c1-22-13-6-4-12(5-7-13)15-11-24-17(19-15)20(16(21)9-18)10-14-3-2-8-23-14/h4-7,11,14H,2-3,8-10H2,1H3. The van der Waals surface area contributed by atoms with E-state index in [0.717, 1.165) is 36.5 Å². The number of benzene rings is 1. The van der Waals surface area contributed by atoms with E-state index in [4.69, 9.17) is 21.1 Å². The van der Waals surface area contributed by atoms with Gasteiger partial charge in [-0.15, -0.1) is 22.9 Å². The zero-order valence-electron chi connectivity index (χ0n) is 13.4. The van der Waals surface area contributed by atoms with Crippen molar-refractivity contribution in [2.75, 3.05) is 31.0 Å². The average Bonchev–Trinajstić information content (AvgIpc) is 3.31. The molecule has 1 amide bonds. The molecule has 128 valence electrons. The van der Waals surface area contributed by atoms with Gasteiger partial charge in [0.15, 0.2) is 5.13 Å². The number of carbonyl (C=O) groups is 1. The second kappa shape index (κ2) is 7.96. The van der Waals surface area contributed by atoms with Crippen molar-refractivity contribution >= 4 is 34.0 Å². The smallest absolute Gasteiger partial charge is 0.243 e. The first-order valence-corrected chi connectivity index (χ1v) is 9.20. The molecule has 0 bridgehead atoms. The maximum atomic E-state index is 12.2. The summed E-state index contributed by atoms with van der Waals surface area (Å²) in [5.74, 6) is 0.582. The van der Waals surface area contributed by atoms with Crippen LogP contribution in [0.15, 0.2) is 29.6 Å². The molecule has 1 aliphatic rings. The zero-order chi connectivity index (χ0) is 16.9. The molecule has 24 heavy (non-hydrogen) atoms. The van der Waals surface area contributed by atoms with Gasteiger partial charge in [0.1, 0.15) is 11.6 Å². The first-order chi connectivity index (χ1) is 11.7. The Labute approximate surface area is 150 Å². The van der Waals surface area contributed by atoms with Gasteiger partial charge in [0.25, 0.3) is 0 Å². The van der Waals surface area contributed by atoms with E-state index in [-0.39, 0.29) is 17.9 Å². The van der Waals surface area contributed by atoms with Crippen molar-refractivity contribution in [3.63, 3.8) is 0 Å². The Kier molecular flexibility index (Phi) is 5.71. The SMILES string of the molecule is COc1ccc(-c2csc(N(CC3CCCO3)C(=O)CCl)n2)cc1. The van der Waals surface area contributed by atoms with Crippen LogP contribution in [0.2, 0.25) is 0 Å². The minimum Gasteiger partial charge on any atom is -0.497 e. The van der Waals surface area contributed by atoms with E-state index in [9.17, 15) is 4.79 Å². The van der Waals surface area contributed by atoms with Gasteiger partial charge in [-0.2, -0.15) is 0 Å². The van der Waals surface area contributed by atoms with Crippen molar-refractivity contribution in [2.45, 2.75) is 18.9 Å². The first-order valence-electron chi connectivity index (χ1n) is 7.79. The molecule has 1 aromatic carbocycles. The molecule has 1 atom stereocenters. The molecule has 1 saturated heterocycles. The lowest BCUT2D eigenvalue weighted by molar-refractivity contribution is -0.116. The van der Waals surface area contributed by atoms with Crippen LogP contribution in [0.25, 0.3) is 11.3 Å². The molecule has 0 spiro atoms. The van der Waals surface area contributed by atoms with E-state index in [2.05, 4.69) is 4.98 Å². The number of thiazole rings is 1. The molecule has 0 N–H and O–H groups in total. The first kappa shape index (κ1) is 17.2. The molecule has 1 unspecified atom stereocenters. The Morgan fingerprint density at radius 3 is 2.88 bits per heavy atom. The number of halogens is 1. The molecule has 0 saturated carbocycles. The molecule has 3 rings (SSSR count). The molecule has 2 heterocycles. The maximum absolute atomic E-state index is 12.2. The Morgan fingerprint density at radius 1 is 1.46 bits per heavy atom. The third kappa shape index (κ3) is 3.88. The summed E-state index contributed by atoms with van der Waals surface area (Å²) in [5, 5.41) is 2.60. The van der Waals surface area contributed by atoms with E-state index in [1.807, 2.05) is 29.6 Å².